The van der Waals surface area contributed by atoms with Gasteiger partial charge in [0.2, 0.25) is 15.9 Å². The number of carbonyl (C=O) groups is 1. The standard InChI is InChI=1S/C16H24N2O3S/c1-3-10-17-16(19)14-5-4-11-18(12-14)22(20,21)15-8-6-13(2)7-9-15/h6-9,14H,3-5,10-12H2,1-2H3,(H,17,19)/t14-/m1/s1. The summed E-state index contributed by atoms with van der Waals surface area (Å²) in [7, 11) is -3.51. The molecule has 1 aromatic rings. The van der Waals surface area contributed by atoms with Crippen molar-refractivity contribution in [2.75, 3.05) is 19.6 Å². The quantitative estimate of drug-likeness (QED) is 0.900. The first-order valence-corrected chi connectivity index (χ1v) is 9.23. The normalized spacial score (nSPS) is 19.8. The van der Waals surface area contributed by atoms with Gasteiger partial charge in [-0.25, -0.2) is 8.42 Å². The molecule has 1 heterocycles. The van der Waals surface area contributed by atoms with E-state index in [1.807, 2.05) is 13.8 Å². The van der Waals surface area contributed by atoms with Crippen LogP contribution in [0.2, 0.25) is 0 Å². The Morgan fingerprint density at radius 2 is 2.00 bits per heavy atom. The van der Waals surface area contributed by atoms with Crippen molar-refractivity contribution < 1.29 is 13.2 Å². The van der Waals surface area contributed by atoms with Gasteiger partial charge in [-0.15, -0.1) is 0 Å². The molecule has 22 heavy (non-hydrogen) atoms. The zero-order valence-electron chi connectivity index (χ0n) is 13.2. The highest BCUT2D eigenvalue weighted by Gasteiger charge is 2.33. The molecule has 0 saturated carbocycles. The Morgan fingerprint density at radius 3 is 2.64 bits per heavy atom. The van der Waals surface area contributed by atoms with Crippen LogP contribution in [0.1, 0.15) is 31.7 Å². The summed E-state index contributed by atoms with van der Waals surface area (Å²) < 4.78 is 26.8. The molecule has 1 saturated heterocycles. The Bertz CT molecular complexity index is 611. The highest BCUT2D eigenvalue weighted by Crippen LogP contribution is 2.24. The van der Waals surface area contributed by atoms with E-state index in [0.717, 1.165) is 24.8 Å². The third kappa shape index (κ3) is 3.87. The lowest BCUT2D eigenvalue weighted by Crippen LogP contribution is -2.45. The third-order valence-electron chi connectivity index (χ3n) is 3.96. The summed E-state index contributed by atoms with van der Waals surface area (Å²) in [5, 5.41) is 2.86. The predicted octanol–water partition coefficient (Wildman–Crippen LogP) is 1.92. The molecule has 122 valence electrons. The van der Waals surface area contributed by atoms with Gasteiger partial charge in [-0.05, 0) is 38.3 Å². The van der Waals surface area contributed by atoms with E-state index in [1.165, 1.54) is 4.31 Å². The van der Waals surface area contributed by atoms with Crippen LogP contribution in [-0.2, 0) is 14.8 Å². The Kier molecular flexibility index (Phi) is 5.58. The smallest absolute Gasteiger partial charge is 0.243 e. The predicted molar refractivity (Wildman–Crippen MR) is 86.0 cm³/mol. The zero-order valence-corrected chi connectivity index (χ0v) is 14.0. The van der Waals surface area contributed by atoms with Gasteiger partial charge in [-0.3, -0.25) is 4.79 Å². The van der Waals surface area contributed by atoms with Gasteiger partial charge < -0.3 is 5.32 Å². The molecule has 1 atom stereocenters. The van der Waals surface area contributed by atoms with Crippen LogP contribution in [0.25, 0.3) is 0 Å². The first-order chi connectivity index (χ1) is 10.4. The van der Waals surface area contributed by atoms with E-state index < -0.39 is 10.0 Å². The topological polar surface area (TPSA) is 66.5 Å². The lowest BCUT2D eigenvalue weighted by atomic mass is 9.99. The van der Waals surface area contributed by atoms with Crippen LogP contribution in [0.4, 0.5) is 0 Å². The summed E-state index contributed by atoms with van der Waals surface area (Å²) in [6.45, 7) is 5.31. The summed E-state index contributed by atoms with van der Waals surface area (Å²) in [6.07, 6.45) is 2.34. The van der Waals surface area contributed by atoms with Crippen molar-refractivity contribution in [3.8, 4) is 0 Å². The first-order valence-electron chi connectivity index (χ1n) is 7.79. The number of nitrogens with zero attached hydrogens (tertiary/aromatic N) is 1. The number of piperidine rings is 1. The second-order valence-electron chi connectivity index (χ2n) is 5.81. The largest absolute Gasteiger partial charge is 0.356 e. The SMILES string of the molecule is CCCNC(=O)[C@@H]1CCCN(S(=O)(=O)c2ccc(C)cc2)C1. The van der Waals surface area contributed by atoms with E-state index >= 15 is 0 Å². The highest BCUT2D eigenvalue weighted by molar-refractivity contribution is 7.89. The van der Waals surface area contributed by atoms with Crippen molar-refractivity contribution in [3.05, 3.63) is 29.8 Å². The van der Waals surface area contributed by atoms with Gasteiger partial charge in [0.25, 0.3) is 0 Å². The van der Waals surface area contributed by atoms with Crippen molar-refractivity contribution in [3.63, 3.8) is 0 Å². The number of benzene rings is 1. The van der Waals surface area contributed by atoms with Crippen LogP contribution in [0.15, 0.2) is 29.2 Å². The molecule has 0 aliphatic carbocycles. The Morgan fingerprint density at radius 1 is 1.32 bits per heavy atom. The fraction of sp³-hybridized carbons (Fsp3) is 0.562. The maximum Gasteiger partial charge on any atom is 0.243 e. The fourth-order valence-electron chi connectivity index (χ4n) is 2.63. The highest BCUT2D eigenvalue weighted by atomic mass is 32.2. The Hall–Kier alpha value is -1.40. The summed E-state index contributed by atoms with van der Waals surface area (Å²) in [5.74, 6) is -0.286. The molecular weight excluding hydrogens is 300 g/mol. The second kappa shape index (κ2) is 7.24. The summed E-state index contributed by atoms with van der Waals surface area (Å²) in [5.41, 5.74) is 1.02. The number of carbonyl (C=O) groups excluding carboxylic acids is 1. The number of amides is 1. The molecule has 1 aliphatic rings. The minimum atomic E-state index is -3.51. The molecule has 1 aromatic carbocycles. The maximum absolute atomic E-state index is 12.7. The van der Waals surface area contributed by atoms with Gasteiger partial charge in [0.1, 0.15) is 0 Å². The first kappa shape index (κ1) is 17.0. The van der Waals surface area contributed by atoms with E-state index in [9.17, 15) is 13.2 Å². The number of hydrogen-bond acceptors (Lipinski definition) is 3. The van der Waals surface area contributed by atoms with E-state index in [4.69, 9.17) is 0 Å². The monoisotopic (exact) mass is 324 g/mol. The van der Waals surface area contributed by atoms with Gasteiger partial charge in [0.05, 0.1) is 10.8 Å². The molecule has 1 amide bonds. The molecule has 0 spiro atoms. The lowest BCUT2D eigenvalue weighted by molar-refractivity contribution is -0.126. The van der Waals surface area contributed by atoms with Crippen molar-refractivity contribution in [2.24, 2.45) is 5.92 Å². The minimum absolute atomic E-state index is 0.0364. The molecular formula is C16H24N2O3S. The van der Waals surface area contributed by atoms with Crippen LogP contribution in [0.5, 0.6) is 0 Å². The van der Waals surface area contributed by atoms with Gasteiger partial charge in [-0.2, -0.15) is 4.31 Å². The van der Waals surface area contributed by atoms with Crippen LogP contribution >= 0.6 is 0 Å². The summed E-state index contributed by atoms with van der Waals surface area (Å²) in [4.78, 5) is 12.4. The van der Waals surface area contributed by atoms with Gasteiger partial charge >= 0.3 is 0 Å². The van der Waals surface area contributed by atoms with Gasteiger partial charge in [0, 0.05) is 19.6 Å². The number of aryl methyl sites for hydroxylation is 1. The van der Waals surface area contributed by atoms with Crippen molar-refractivity contribution in [1.82, 2.24) is 9.62 Å². The van der Waals surface area contributed by atoms with Crippen molar-refractivity contribution >= 4 is 15.9 Å². The molecule has 1 N–H and O–H groups in total. The van der Waals surface area contributed by atoms with Gasteiger partial charge in [0.15, 0.2) is 0 Å². The zero-order chi connectivity index (χ0) is 16.2. The van der Waals surface area contributed by atoms with E-state index in [0.29, 0.717) is 18.0 Å². The molecule has 0 radical (unpaired) electrons. The van der Waals surface area contributed by atoms with Crippen molar-refractivity contribution in [1.29, 1.82) is 0 Å². The molecule has 5 nitrogen and oxygen atoms in total. The Labute approximate surface area is 132 Å². The summed E-state index contributed by atoms with van der Waals surface area (Å²) in [6, 6.07) is 6.85. The maximum atomic E-state index is 12.7. The molecule has 6 heteroatoms. The van der Waals surface area contributed by atoms with Crippen LogP contribution in [-0.4, -0.2) is 38.3 Å². The summed E-state index contributed by atoms with van der Waals surface area (Å²) >= 11 is 0. The van der Waals surface area contributed by atoms with Crippen LogP contribution in [0.3, 0.4) is 0 Å². The van der Waals surface area contributed by atoms with Crippen molar-refractivity contribution in [2.45, 2.75) is 38.0 Å². The third-order valence-corrected chi connectivity index (χ3v) is 5.84. The molecule has 2 rings (SSSR count). The molecule has 0 aromatic heterocycles. The van der Waals surface area contributed by atoms with Crippen LogP contribution in [0, 0.1) is 12.8 Å². The average Bonchev–Trinajstić information content (AvgIpc) is 2.53. The van der Waals surface area contributed by atoms with E-state index in [-0.39, 0.29) is 18.4 Å². The van der Waals surface area contributed by atoms with E-state index in [1.54, 1.807) is 24.3 Å². The molecule has 0 unspecified atom stereocenters. The number of rotatable bonds is 5. The lowest BCUT2D eigenvalue weighted by Gasteiger charge is -2.31. The fourth-order valence-corrected chi connectivity index (χ4v) is 4.15. The molecule has 1 aliphatic heterocycles. The van der Waals surface area contributed by atoms with Crippen LogP contribution < -0.4 is 5.32 Å². The number of nitrogens with one attached hydrogen (secondary N) is 1. The second-order valence-corrected chi connectivity index (χ2v) is 7.74. The average molecular weight is 324 g/mol. The molecule has 1 fully saturated rings. The Balaban J connectivity index is 2.11. The van der Waals surface area contributed by atoms with Gasteiger partial charge in [-0.1, -0.05) is 24.6 Å². The molecule has 0 bridgehead atoms. The van der Waals surface area contributed by atoms with E-state index in [2.05, 4.69) is 5.32 Å². The minimum Gasteiger partial charge on any atom is -0.356 e. The number of sulfonamides is 1. The number of hydrogen-bond donors (Lipinski definition) is 1.